The molecule has 1 aromatic carbocycles. The summed E-state index contributed by atoms with van der Waals surface area (Å²) >= 11 is 0. The first kappa shape index (κ1) is 13.3. The van der Waals surface area contributed by atoms with Crippen LogP contribution in [0.4, 0.5) is 5.69 Å². The molecule has 0 bridgehead atoms. The van der Waals surface area contributed by atoms with E-state index in [4.69, 9.17) is 5.73 Å². The maximum absolute atomic E-state index is 11.8. The molecule has 100 valence electrons. The number of carbonyl (C=O) groups is 1. The van der Waals surface area contributed by atoms with Crippen LogP contribution in [0.3, 0.4) is 0 Å². The highest BCUT2D eigenvalue weighted by atomic mass is 16.2. The molecular formula is C14H18N4O. The van der Waals surface area contributed by atoms with Crippen LogP contribution in [0.25, 0.3) is 5.69 Å². The second kappa shape index (κ2) is 6.15. The lowest BCUT2D eigenvalue weighted by molar-refractivity contribution is -0.117. The van der Waals surface area contributed by atoms with E-state index in [2.05, 4.69) is 10.3 Å². The number of hydrogen-bond acceptors (Lipinski definition) is 3. The smallest absolute Gasteiger partial charge is 0.241 e. The Balaban J connectivity index is 2.09. The maximum Gasteiger partial charge on any atom is 0.241 e. The van der Waals surface area contributed by atoms with Crippen LogP contribution in [-0.2, 0) is 4.79 Å². The van der Waals surface area contributed by atoms with Gasteiger partial charge in [0.2, 0.25) is 5.91 Å². The van der Waals surface area contributed by atoms with Gasteiger partial charge in [-0.05, 0) is 24.6 Å². The standard InChI is InChI=1S/C14H18N4O/c1-2-4-13(15)14(19)17-11-5-3-6-12(9-11)18-8-7-16-10-18/h3,5-10,13H,2,4,15H2,1H3,(H,17,19). The zero-order chi connectivity index (χ0) is 13.7. The van der Waals surface area contributed by atoms with Crippen molar-refractivity contribution < 1.29 is 4.79 Å². The third-order valence-corrected chi connectivity index (χ3v) is 2.85. The molecule has 0 aliphatic heterocycles. The van der Waals surface area contributed by atoms with Gasteiger partial charge in [0.25, 0.3) is 0 Å². The van der Waals surface area contributed by atoms with E-state index in [1.54, 1.807) is 12.5 Å². The fourth-order valence-electron chi connectivity index (χ4n) is 1.83. The van der Waals surface area contributed by atoms with Gasteiger partial charge in [-0.25, -0.2) is 4.98 Å². The largest absolute Gasteiger partial charge is 0.325 e. The van der Waals surface area contributed by atoms with Gasteiger partial charge in [0.1, 0.15) is 0 Å². The molecule has 0 saturated carbocycles. The van der Waals surface area contributed by atoms with Gasteiger partial charge in [-0.2, -0.15) is 0 Å². The maximum atomic E-state index is 11.8. The minimum absolute atomic E-state index is 0.148. The predicted octanol–water partition coefficient (Wildman–Crippen LogP) is 1.94. The van der Waals surface area contributed by atoms with Gasteiger partial charge in [0.05, 0.1) is 12.4 Å². The van der Waals surface area contributed by atoms with E-state index >= 15 is 0 Å². The number of rotatable bonds is 5. The first-order chi connectivity index (χ1) is 9.20. The molecule has 1 unspecified atom stereocenters. The Labute approximate surface area is 112 Å². The summed E-state index contributed by atoms with van der Waals surface area (Å²) in [5, 5.41) is 2.83. The summed E-state index contributed by atoms with van der Waals surface area (Å²) in [4.78, 5) is 15.8. The van der Waals surface area contributed by atoms with Gasteiger partial charge < -0.3 is 15.6 Å². The quantitative estimate of drug-likeness (QED) is 0.860. The average molecular weight is 258 g/mol. The molecule has 3 N–H and O–H groups in total. The van der Waals surface area contributed by atoms with E-state index in [0.717, 1.165) is 17.8 Å². The molecule has 0 fully saturated rings. The highest BCUT2D eigenvalue weighted by Crippen LogP contribution is 2.14. The normalized spacial score (nSPS) is 12.1. The minimum atomic E-state index is -0.457. The summed E-state index contributed by atoms with van der Waals surface area (Å²) < 4.78 is 1.88. The number of hydrogen-bond donors (Lipinski definition) is 2. The topological polar surface area (TPSA) is 72.9 Å². The van der Waals surface area contributed by atoms with Crippen molar-refractivity contribution in [3.8, 4) is 5.69 Å². The van der Waals surface area contributed by atoms with Crippen LogP contribution < -0.4 is 11.1 Å². The summed E-state index contributed by atoms with van der Waals surface area (Å²) in [6.07, 6.45) is 6.85. The van der Waals surface area contributed by atoms with Crippen LogP contribution >= 0.6 is 0 Å². The fourth-order valence-corrected chi connectivity index (χ4v) is 1.83. The summed E-state index contributed by atoms with van der Waals surface area (Å²) in [5.41, 5.74) is 7.46. The molecule has 5 nitrogen and oxygen atoms in total. The lowest BCUT2D eigenvalue weighted by Gasteiger charge is -2.12. The van der Waals surface area contributed by atoms with E-state index in [0.29, 0.717) is 6.42 Å². The Hall–Kier alpha value is -2.14. The van der Waals surface area contributed by atoms with Crippen molar-refractivity contribution in [2.45, 2.75) is 25.8 Å². The zero-order valence-electron chi connectivity index (χ0n) is 10.9. The molecule has 1 heterocycles. The third kappa shape index (κ3) is 3.42. The molecule has 1 atom stereocenters. The molecule has 0 radical (unpaired) electrons. The third-order valence-electron chi connectivity index (χ3n) is 2.85. The number of benzene rings is 1. The van der Waals surface area contributed by atoms with E-state index in [9.17, 15) is 4.79 Å². The van der Waals surface area contributed by atoms with Gasteiger partial charge in [0, 0.05) is 23.8 Å². The lowest BCUT2D eigenvalue weighted by Crippen LogP contribution is -2.35. The molecule has 1 aromatic heterocycles. The average Bonchev–Trinajstić information content (AvgIpc) is 2.93. The minimum Gasteiger partial charge on any atom is -0.325 e. The lowest BCUT2D eigenvalue weighted by atomic mass is 10.1. The van der Waals surface area contributed by atoms with Crippen LogP contribution in [0.1, 0.15) is 19.8 Å². The second-order valence-corrected chi connectivity index (χ2v) is 4.40. The number of nitrogens with two attached hydrogens (primary N) is 1. The Kier molecular flexibility index (Phi) is 4.30. The summed E-state index contributed by atoms with van der Waals surface area (Å²) in [6.45, 7) is 2.01. The summed E-state index contributed by atoms with van der Waals surface area (Å²) in [7, 11) is 0. The molecule has 5 heteroatoms. The molecule has 19 heavy (non-hydrogen) atoms. The van der Waals surface area contributed by atoms with Crippen molar-refractivity contribution in [1.29, 1.82) is 0 Å². The van der Waals surface area contributed by atoms with Crippen LogP contribution in [0, 0.1) is 0 Å². The van der Waals surface area contributed by atoms with Crippen molar-refractivity contribution in [2.24, 2.45) is 5.73 Å². The van der Waals surface area contributed by atoms with Crippen LogP contribution in [0.2, 0.25) is 0 Å². The van der Waals surface area contributed by atoms with Gasteiger partial charge in [0.15, 0.2) is 0 Å². The van der Waals surface area contributed by atoms with Crippen molar-refractivity contribution in [3.63, 3.8) is 0 Å². The van der Waals surface area contributed by atoms with Crippen LogP contribution in [0.15, 0.2) is 43.0 Å². The Bertz CT molecular complexity index is 536. The second-order valence-electron chi connectivity index (χ2n) is 4.40. The Morgan fingerprint density at radius 2 is 2.37 bits per heavy atom. The SMILES string of the molecule is CCCC(N)C(=O)Nc1cccc(-n2ccnc2)c1. The highest BCUT2D eigenvalue weighted by Gasteiger charge is 2.12. The van der Waals surface area contributed by atoms with Gasteiger partial charge in [-0.1, -0.05) is 19.4 Å². The van der Waals surface area contributed by atoms with Crippen molar-refractivity contribution in [1.82, 2.24) is 9.55 Å². The zero-order valence-corrected chi connectivity index (χ0v) is 10.9. The number of amides is 1. The Morgan fingerprint density at radius 1 is 1.53 bits per heavy atom. The molecule has 1 amide bonds. The highest BCUT2D eigenvalue weighted by molar-refractivity contribution is 5.94. The van der Waals surface area contributed by atoms with E-state index in [1.165, 1.54) is 0 Å². The van der Waals surface area contributed by atoms with E-state index in [-0.39, 0.29) is 5.91 Å². The number of carbonyl (C=O) groups excluding carboxylic acids is 1. The number of nitrogens with one attached hydrogen (secondary N) is 1. The number of aromatic nitrogens is 2. The van der Waals surface area contributed by atoms with Gasteiger partial charge in [-0.15, -0.1) is 0 Å². The van der Waals surface area contributed by atoms with Crippen molar-refractivity contribution in [2.75, 3.05) is 5.32 Å². The molecular weight excluding hydrogens is 240 g/mol. The van der Waals surface area contributed by atoms with Crippen LogP contribution in [-0.4, -0.2) is 21.5 Å². The van der Waals surface area contributed by atoms with E-state index in [1.807, 2.05) is 42.0 Å². The number of anilines is 1. The number of imidazole rings is 1. The molecule has 0 aliphatic rings. The van der Waals surface area contributed by atoms with Gasteiger partial charge in [-0.3, -0.25) is 4.79 Å². The van der Waals surface area contributed by atoms with Gasteiger partial charge >= 0.3 is 0 Å². The number of nitrogens with zero attached hydrogens (tertiary/aromatic N) is 2. The monoisotopic (exact) mass is 258 g/mol. The molecule has 0 aliphatic carbocycles. The van der Waals surface area contributed by atoms with Crippen LogP contribution in [0.5, 0.6) is 0 Å². The van der Waals surface area contributed by atoms with Crippen molar-refractivity contribution in [3.05, 3.63) is 43.0 Å². The van der Waals surface area contributed by atoms with E-state index < -0.39 is 6.04 Å². The Morgan fingerprint density at radius 3 is 3.05 bits per heavy atom. The predicted molar refractivity (Wildman–Crippen MR) is 75.1 cm³/mol. The summed E-state index contributed by atoms with van der Waals surface area (Å²) in [5.74, 6) is -0.148. The first-order valence-electron chi connectivity index (χ1n) is 6.35. The molecule has 2 aromatic rings. The molecule has 0 saturated heterocycles. The van der Waals surface area contributed by atoms with Crippen molar-refractivity contribution >= 4 is 11.6 Å². The molecule has 0 spiro atoms. The summed E-state index contributed by atoms with van der Waals surface area (Å²) in [6, 6.07) is 7.11. The fraction of sp³-hybridized carbons (Fsp3) is 0.286. The first-order valence-corrected chi connectivity index (χ1v) is 6.35. The molecule has 2 rings (SSSR count).